The molecule has 0 heterocycles. The first-order valence-electron chi connectivity index (χ1n) is 6.34. The minimum Gasteiger partial charge on any atom is -0.488 e. The van der Waals surface area contributed by atoms with Crippen LogP contribution in [0.3, 0.4) is 0 Å². The van der Waals surface area contributed by atoms with Crippen LogP contribution < -0.4 is 10.1 Å². The highest BCUT2D eigenvalue weighted by Crippen LogP contribution is 2.25. The standard InChI is InChI=1S/C14H21ClFNO/c1-10(2)17-9-5-6-11(3)18-13-8-4-7-12(15)14(13)16/h4,7-8,10-11,17H,5-6,9H2,1-3H3. The molecule has 0 saturated heterocycles. The molecule has 4 heteroatoms. The van der Waals surface area contributed by atoms with Gasteiger partial charge in [0.2, 0.25) is 0 Å². The number of hydrogen-bond donors (Lipinski definition) is 1. The number of rotatable bonds is 7. The van der Waals surface area contributed by atoms with Crippen LogP contribution in [0.4, 0.5) is 4.39 Å². The van der Waals surface area contributed by atoms with E-state index in [2.05, 4.69) is 19.2 Å². The van der Waals surface area contributed by atoms with Crippen LogP contribution in [0.1, 0.15) is 33.6 Å². The van der Waals surface area contributed by atoms with Crippen molar-refractivity contribution in [3.05, 3.63) is 29.0 Å². The monoisotopic (exact) mass is 273 g/mol. The predicted molar refractivity (Wildman–Crippen MR) is 73.9 cm³/mol. The zero-order valence-electron chi connectivity index (χ0n) is 11.2. The van der Waals surface area contributed by atoms with E-state index < -0.39 is 5.82 Å². The van der Waals surface area contributed by atoms with Crippen molar-refractivity contribution in [3.63, 3.8) is 0 Å². The van der Waals surface area contributed by atoms with E-state index in [0.29, 0.717) is 6.04 Å². The molecule has 2 nitrogen and oxygen atoms in total. The average Bonchev–Trinajstić information content (AvgIpc) is 2.30. The van der Waals surface area contributed by atoms with Crippen molar-refractivity contribution in [3.8, 4) is 5.75 Å². The van der Waals surface area contributed by atoms with Crippen LogP contribution in [0.5, 0.6) is 5.75 Å². The largest absolute Gasteiger partial charge is 0.488 e. The number of halogens is 2. The number of nitrogens with one attached hydrogen (secondary N) is 1. The zero-order chi connectivity index (χ0) is 13.5. The summed E-state index contributed by atoms with van der Waals surface area (Å²) in [5, 5.41) is 3.43. The molecule has 1 unspecified atom stereocenters. The van der Waals surface area contributed by atoms with Crippen molar-refractivity contribution in [2.24, 2.45) is 0 Å². The van der Waals surface area contributed by atoms with Crippen LogP contribution in [-0.2, 0) is 0 Å². The molecule has 0 aliphatic rings. The lowest BCUT2D eigenvalue weighted by molar-refractivity contribution is 0.198. The van der Waals surface area contributed by atoms with Crippen molar-refractivity contribution >= 4 is 11.6 Å². The molecule has 1 atom stereocenters. The molecule has 102 valence electrons. The molecule has 0 spiro atoms. The van der Waals surface area contributed by atoms with Gasteiger partial charge in [-0.1, -0.05) is 31.5 Å². The van der Waals surface area contributed by atoms with Gasteiger partial charge < -0.3 is 10.1 Å². The summed E-state index contributed by atoms with van der Waals surface area (Å²) >= 11 is 5.69. The second-order valence-electron chi connectivity index (χ2n) is 4.73. The highest BCUT2D eigenvalue weighted by molar-refractivity contribution is 6.30. The first kappa shape index (κ1) is 15.3. The molecule has 0 aliphatic carbocycles. The van der Waals surface area contributed by atoms with Gasteiger partial charge in [-0.15, -0.1) is 0 Å². The maximum absolute atomic E-state index is 13.6. The van der Waals surface area contributed by atoms with Crippen LogP contribution in [-0.4, -0.2) is 18.7 Å². The lowest BCUT2D eigenvalue weighted by Crippen LogP contribution is -2.25. The number of benzene rings is 1. The van der Waals surface area contributed by atoms with E-state index in [4.69, 9.17) is 16.3 Å². The summed E-state index contributed by atoms with van der Waals surface area (Å²) in [5.74, 6) is -0.252. The molecular weight excluding hydrogens is 253 g/mol. The highest BCUT2D eigenvalue weighted by Gasteiger charge is 2.10. The third-order valence-corrected chi connectivity index (χ3v) is 2.88. The molecule has 1 N–H and O–H groups in total. The van der Waals surface area contributed by atoms with Gasteiger partial charge in [-0.25, -0.2) is 4.39 Å². The van der Waals surface area contributed by atoms with Crippen molar-refractivity contribution in [2.45, 2.75) is 45.8 Å². The Bertz CT molecular complexity index is 371. The molecule has 1 rings (SSSR count). The van der Waals surface area contributed by atoms with Crippen LogP contribution in [0.25, 0.3) is 0 Å². The van der Waals surface area contributed by atoms with E-state index in [9.17, 15) is 4.39 Å². The second kappa shape index (κ2) is 7.59. The van der Waals surface area contributed by atoms with Crippen molar-refractivity contribution in [1.29, 1.82) is 0 Å². The second-order valence-corrected chi connectivity index (χ2v) is 5.14. The zero-order valence-corrected chi connectivity index (χ0v) is 11.9. The van der Waals surface area contributed by atoms with Gasteiger partial charge in [0, 0.05) is 6.04 Å². The van der Waals surface area contributed by atoms with E-state index in [1.54, 1.807) is 12.1 Å². The Morgan fingerprint density at radius 2 is 2.06 bits per heavy atom. The van der Waals surface area contributed by atoms with Crippen LogP contribution in [0.2, 0.25) is 5.02 Å². The van der Waals surface area contributed by atoms with Crippen LogP contribution in [0.15, 0.2) is 18.2 Å². The summed E-state index contributed by atoms with van der Waals surface area (Å²) < 4.78 is 19.1. The average molecular weight is 274 g/mol. The summed E-state index contributed by atoms with van der Waals surface area (Å²) in [5.41, 5.74) is 0. The van der Waals surface area contributed by atoms with Crippen molar-refractivity contribution in [2.75, 3.05) is 6.54 Å². The maximum Gasteiger partial charge on any atom is 0.183 e. The summed E-state index contributed by atoms with van der Waals surface area (Å²) in [6.45, 7) is 7.11. The SMILES string of the molecule is CC(C)NCCCC(C)Oc1cccc(Cl)c1F. The van der Waals surface area contributed by atoms with E-state index in [0.717, 1.165) is 19.4 Å². The summed E-state index contributed by atoms with van der Waals surface area (Å²) in [6, 6.07) is 5.30. The van der Waals surface area contributed by atoms with Gasteiger partial charge in [0.1, 0.15) is 0 Å². The van der Waals surface area contributed by atoms with Crippen molar-refractivity contribution < 1.29 is 9.13 Å². The molecule has 0 amide bonds. The van der Waals surface area contributed by atoms with E-state index >= 15 is 0 Å². The minimum absolute atomic E-state index is 0.0214. The molecule has 1 aromatic carbocycles. The van der Waals surface area contributed by atoms with Gasteiger partial charge in [0.25, 0.3) is 0 Å². The van der Waals surface area contributed by atoms with Crippen LogP contribution in [0, 0.1) is 5.82 Å². The predicted octanol–water partition coefficient (Wildman–Crippen LogP) is 4.02. The molecule has 0 aromatic heterocycles. The Balaban J connectivity index is 2.35. The Hall–Kier alpha value is -0.800. The lowest BCUT2D eigenvalue weighted by Gasteiger charge is -2.16. The summed E-state index contributed by atoms with van der Waals surface area (Å²) in [7, 11) is 0. The normalized spacial score (nSPS) is 12.8. The minimum atomic E-state index is -0.480. The van der Waals surface area contributed by atoms with E-state index in [1.807, 2.05) is 6.92 Å². The first-order chi connectivity index (χ1) is 8.50. The fraction of sp³-hybridized carbons (Fsp3) is 0.571. The molecular formula is C14H21ClFNO. The number of ether oxygens (including phenoxy) is 1. The molecule has 18 heavy (non-hydrogen) atoms. The quantitative estimate of drug-likeness (QED) is 0.758. The summed E-state index contributed by atoms with van der Waals surface area (Å²) in [6.07, 6.45) is 1.86. The van der Waals surface area contributed by atoms with E-state index in [1.165, 1.54) is 6.07 Å². The molecule has 1 aromatic rings. The van der Waals surface area contributed by atoms with Gasteiger partial charge >= 0.3 is 0 Å². The van der Waals surface area contributed by atoms with Gasteiger partial charge in [0.15, 0.2) is 11.6 Å². The molecule has 0 radical (unpaired) electrons. The summed E-state index contributed by atoms with van der Waals surface area (Å²) in [4.78, 5) is 0. The smallest absolute Gasteiger partial charge is 0.183 e. The van der Waals surface area contributed by atoms with Gasteiger partial charge in [-0.2, -0.15) is 0 Å². The fourth-order valence-corrected chi connectivity index (χ4v) is 1.80. The van der Waals surface area contributed by atoms with E-state index in [-0.39, 0.29) is 16.9 Å². The highest BCUT2D eigenvalue weighted by atomic mass is 35.5. The van der Waals surface area contributed by atoms with Gasteiger partial charge in [0.05, 0.1) is 11.1 Å². The molecule has 0 aliphatic heterocycles. The molecule has 0 fully saturated rings. The lowest BCUT2D eigenvalue weighted by atomic mass is 10.2. The third-order valence-electron chi connectivity index (χ3n) is 2.58. The Labute approximate surface area is 113 Å². The van der Waals surface area contributed by atoms with Crippen molar-refractivity contribution in [1.82, 2.24) is 5.32 Å². The Morgan fingerprint density at radius 1 is 1.33 bits per heavy atom. The van der Waals surface area contributed by atoms with Gasteiger partial charge in [-0.3, -0.25) is 0 Å². The number of hydrogen-bond acceptors (Lipinski definition) is 2. The molecule has 0 bridgehead atoms. The Morgan fingerprint density at radius 3 is 2.72 bits per heavy atom. The molecule has 0 saturated carbocycles. The topological polar surface area (TPSA) is 21.3 Å². The fourth-order valence-electron chi connectivity index (χ4n) is 1.63. The van der Waals surface area contributed by atoms with Gasteiger partial charge in [-0.05, 0) is 38.4 Å². The maximum atomic E-state index is 13.6. The Kier molecular flexibility index (Phi) is 6.44. The first-order valence-corrected chi connectivity index (χ1v) is 6.72. The third kappa shape index (κ3) is 5.23. The van der Waals surface area contributed by atoms with Crippen LogP contribution >= 0.6 is 11.6 Å².